The highest BCUT2D eigenvalue weighted by atomic mass is 16.1. The molecule has 6 nitrogen and oxygen atoms in total. The van der Waals surface area contributed by atoms with E-state index in [1.165, 1.54) is 12.8 Å². The van der Waals surface area contributed by atoms with Crippen LogP contribution in [0.3, 0.4) is 0 Å². The smallest absolute Gasteiger partial charge is 0.266 e. The van der Waals surface area contributed by atoms with Gasteiger partial charge in [-0.2, -0.15) is 5.10 Å². The standard InChI is InChI=1S/C20H23N5O/c26-20-9-8-18(15-6-7-15)22-25(20)14-17-4-3-11-23(17)12-16-13-24-10-2-1-5-19(24)21-16/h1-2,5,8-10,13,15,17H,3-4,6-7,11-12,14H2. The molecule has 0 bridgehead atoms. The van der Waals surface area contributed by atoms with E-state index >= 15 is 0 Å². The fourth-order valence-electron chi connectivity index (χ4n) is 3.97. The highest BCUT2D eigenvalue weighted by Gasteiger charge is 2.28. The number of likely N-dealkylation sites (tertiary alicyclic amines) is 1. The van der Waals surface area contributed by atoms with Crippen molar-refractivity contribution in [2.45, 2.75) is 50.7 Å². The summed E-state index contributed by atoms with van der Waals surface area (Å²) in [6.07, 6.45) is 8.80. The Kier molecular flexibility index (Phi) is 3.85. The van der Waals surface area contributed by atoms with Crippen LogP contribution in [0, 0.1) is 0 Å². The Hall–Kier alpha value is -2.47. The van der Waals surface area contributed by atoms with E-state index in [0.29, 0.717) is 18.5 Å². The van der Waals surface area contributed by atoms with Crippen LogP contribution in [0.5, 0.6) is 0 Å². The van der Waals surface area contributed by atoms with Crippen molar-refractivity contribution in [3.8, 4) is 0 Å². The van der Waals surface area contributed by atoms with E-state index in [1.807, 2.05) is 30.5 Å². The van der Waals surface area contributed by atoms with Gasteiger partial charge in [-0.05, 0) is 50.4 Å². The van der Waals surface area contributed by atoms with Crippen LogP contribution in [0.2, 0.25) is 0 Å². The molecule has 0 aromatic carbocycles. The van der Waals surface area contributed by atoms with Crippen molar-refractivity contribution in [2.24, 2.45) is 0 Å². The van der Waals surface area contributed by atoms with Gasteiger partial charge in [-0.3, -0.25) is 9.69 Å². The molecule has 0 spiro atoms. The summed E-state index contributed by atoms with van der Waals surface area (Å²) in [4.78, 5) is 19.4. The molecular weight excluding hydrogens is 326 g/mol. The molecular formula is C20H23N5O. The fraction of sp³-hybridized carbons (Fsp3) is 0.450. The average molecular weight is 349 g/mol. The Bertz CT molecular complexity index is 954. The predicted molar refractivity (Wildman–Crippen MR) is 99.1 cm³/mol. The van der Waals surface area contributed by atoms with Gasteiger partial charge in [0.05, 0.1) is 17.9 Å². The molecule has 5 rings (SSSR count). The predicted octanol–water partition coefficient (Wildman–Crippen LogP) is 2.43. The zero-order chi connectivity index (χ0) is 17.5. The summed E-state index contributed by atoms with van der Waals surface area (Å²) in [5.41, 5.74) is 3.15. The molecule has 4 heterocycles. The normalized spacial score (nSPS) is 20.8. The summed E-state index contributed by atoms with van der Waals surface area (Å²) in [6, 6.07) is 9.98. The summed E-state index contributed by atoms with van der Waals surface area (Å²) in [7, 11) is 0. The summed E-state index contributed by atoms with van der Waals surface area (Å²) < 4.78 is 3.74. The van der Waals surface area contributed by atoms with E-state index in [-0.39, 0.29) is 5.56 Å². The van der Waals surface area contributed by atoms with Crippen molar-refractivity contribution >= 4 is 5.65 Å². The van der Waals surface area contributed by atoms with Crippen molar-refractivity contribution in [3.63, 3.8) is 0 Å². The van der Waals surface area contributed by atoms with Gasteiger partial charge >= 0.3 is 0 Å². The second-order valence-electron chi connectivity index (χ2n) is 7.52. The van der Waals surface area contributed by atoms with Crippen LogP contribution < -0.4 is 5.56 Å². The summed E-state index contributed by atoms with van der Waals surface area (Å²) in [5.74, 6) is 0.569. The molecule has 1 unspecified atom stereocenters. The van der Waals surface area contributed by atoms with Gasteiger partial charge in [0.1, 0.15) is 5.65 Å². The minimum absolute atomic E-state index is 0.00831. The maximum atomic E-state index is 12.3. The van der Waals surface area contributed by atoms with E-state index in [2.05, 4.69) is 20.6 Å². The maximum absolute atomic E-state index is 12.3. The molecule has 1 aliphatic carbocycles. The second-order valence-corrected chi connectivity index (χ2v) is 7.52. The van der Waals surface area contributed by atoms with Crippen LogP contribution in [-0.4, -0.2) is 36.7 Å². The van der Waals surface area contributed by atoms with E-state index in [0.717, 1.165) is 43.0 Å². The first-order valence-electron chi connectivity index (χ1n) is 9.51. The third-order valence-corrected chi connectivity index (χ3v) is 5.54. The molecule has 2 fully saturated rings. The lowest BCUT2D eigenvalue weighted by Gasteiger charge is -2.23. The second kappa shape index (κ2) is 6.36. The molecule has 1 atom stereocenters. The molecule has 0 amide bonds. The highest BCUT2D eigenvalue weighted by molar-refractivity contribution is 5.39. The fourth-order valence-corrected chi connectivity index (χ4v) is 3.97. The third kappa shape index (κ3) is 3.05. The van der Waals surface area contributed by atoms with Gasteiger partial charge in [-0.25, -0.2) is 9.67 Å². The van der Waals surface area contributed by atoms with Crippen molar-refractivity contribution in [1.82, 2.24) is 24.1 Å². The zero-order valence-corrected chi connectivity index (χ0v) is 14.8. The van der Waals surface area contributed by atoms with Crippen LogP contribution in [-0.2, 0) is 13.1 Å². The lowest BCUT2D eigenvalue weighted by molar-refractivity contribution is 0.214. The average Bonchev–Trinajstić information content (AvgIpc) is 3.28. The SMILES string of the molecule is O=c1ccc(C2CC2)nn1CC1CCCN1Cc1cn2ccccc2n1. The largest absolute Gasteiger partial charge is 0.307 e. The molecule has 0 radical (unpaired) electrons. The van der Waals surface area contributed by atoms with Gasteiger partial charge in [0.2, 0.25) is 0 Å². The van der Waals surface area contributed by atoms with E-state index in [1.54, 1.807) is 10.7 Å². The van der Waals surface area contributed by atoms with Gasteiger partial charge in [-0.15, -0.1) is 0 Å². The van der Waals surface area contributed by atoms with Gasteiger partial charge in [0.25, 0.3) is 5.56 Å². The molecule has 3 aromatic heterocycles. The number of fused-ring (bicyclic) bond motifs is 1. The van der Waals surface area contributed by atoms with Crippen LogP contribution in [0.4, 0.5) is 0 Å². The summed E-state index contributed by atoms with van der Waals surface area (Å²) >= 11 is 0. The topological polar surface area (TPSA) is 55.4 Å². The number of nitrogens with zero attached hydrogens (tertiary/aromatic N) is 5. The maximum Gasteiger partial charge on any atom is 0.266 e. The quantitative estimate of drug-likeness (QED) is 0.710. The Morgan fingerprint density at radius 1 is 1.12 bits per heavy atom. The van der Waals surface area contributed by atoms with Gasteiger partial charge in [0.15, 0.2) is 0 Å². The third-order valence-electron chi connectivity index (χ3n) is 5.54. The number of imidazole rings is 1. The Balaban J connectivity index is 1.34. The summed E-state index contributed by atoms with van der Waals surface area (Å²) in [5, 5.41) is 4.63. The number of pyridine rings is 1. The minimum Gasteiger partial charge on any atom is -0.307 e. The van der Waals surface area contributed by atoms with Gasteiger partial charge in [0, 0.05) is 37.0 Å². The van der Waals surface area contributed by atoms with Crippen molar-refractivity contribution in [3.05, 3.63) is 64.5 Å². The van der Waals surface area contributed by atoms with Crippen molar-refractivity contribution in [2.75, 3.05) is 6.54 Å². The van der Waals surface area contributed by atoms with Crippen LogP contribution in [0.1, 0.15) is 43.0 Å². The van der Waals surface area contributed by atoms with E-state index < -0.39 is 0 Å². The van der Waals surface area contributed by atoms with Gasteiger partial charge < -0.3 is 4.40 Å². The molecule has 26 heavy (non-hydrogen) atoms. The molecule has 1 aliphatic heterocycles. The molecule has 1 saturated carbocycles. The van der Waals surface area contributed by atoms with Crippen molar-refractivity contribution < 1.29 is 0 Å². The Labute approximate surface area is 152 Å². The minimum atomic E-state index is 0.00831. The number of rotatable bonds is 5. The first kappa shape index (κ1) is 15.8. The lowest BCUT2D eigenvalue weighted by Crippen LogP contribution is -2.37. The highest BCUT2D eigenvalue weighted by Crippen LogP contribution is 2.38. The monoisotopic (exact) mass is 349 g/mol. The van der Waals surface area contributed by atoms with Crippen molar-refractivity contribution in [1.29, 1.82) is 0 Å². The van der Waals surface area contributed by atoms with Crippen LogP contribution in [0.25, 0.3) is 5.65 Å². The molecule has 1 saturated heterocycles. The molecule has 3 aromatic rings. The Morgan fingerprint density at radius 3 is 2.88 bits per heavy atom. The Morgan fingerprint density at radius 2 is 2.04 bits per heavy atom. The van der Waals surface area contributed by atoms with E-state index in [9.17, 15) is 4.79 Å². The zero-order valence-electron chi connectivity index (χ0n) is 14.8. The number of hydrogen-bond acceptors (Lipinski definition) is 4. The number of hydrogen-bond donors (Lipinski definition) is 0. The van der Waals surface area contributed by atoms with Gasteiger partial charge in [-0.1, -0.05) is 6.07 Å². The van der Waals surface area contributed by atoms with Crippen LogP contribution >= 0.6 is 0 Å². The number of aromatic nitrogens is 4. The molecule has 0 N–H and O–H groups in total. The first-order valence-corrected chi connectivity index (χ1v) is 9.51. The molecule has 6 heteroatoms. The lowest BCUT2D eigenvalue weighted by atomic mass is 10.2. The molecule has 2 aliphatic rings. The van der Waals surface area contributed by atoms with E-state index in [4.69, 9.17) is 4.98 Å². The first-order chi connectivity index (χ1) is 12.8. The molecule has 134 valence electrons. The summed E-state index contributed by atoms with van der Waals surface area (Å²) in [6.45, 7) is 2.55. The van der Waals surface area contributed by atoms with Crippen LogP contribution in [0.15, 0.2) is 47.5 Å².